The van der Waals surface area contributed by atoms with Crippen LogP contribution in [0.15, 0.2) is 72.8 Å². The molecule has 0 aliphatic heterocycles. The van der Waals surface area contributed by atoms with Crippen molar-refractivity contribution in [3.05, 3.63) is 83.9 Å². The van der Waals surface area contributed by atoms with E-state index in [0.717, 1.165) is 74.3 Å². The minimum absolute atomic E-state index is 0.166. The molecule has 3 aromatic rings. The first-order valence-electron chi connectivity index (χ1n) is 15.3. The number of esters is 3. The Hall–Kier alpha value is -4.13. The summed E-state index contributed by atoms with van der Waals surface area (Å²) in [6.07, 6.45) is 8.78. The van der Waals surface area contributed by atoms with Crippen LogP contribution in [0, 0.1) is 6.92 Å². The lowest BCUT2D eigenvalue weighted by atomic mass is 10.1. The molecule has 0 aliphatic carbocycles. The quantitative estimate of drug-likeness (QED) is 0.0602. The van der Waals surface area contributed by atoms with Crippen molar-refractivity contribution in [1.29, 1.82) is 0 Å². The minimum Gasteiger partial charge on any atom is -0.494 e. The number of carbonyl (C=O) groups excluding carboxylic acids is 3. The lowest BCUT2D eigenvalue weighted by Crippen LogP contribution is -2.08. The molecule has 0 unspecified atom stereocenters. The highest BCUT2D eigenvalue weighted by Crippen LogP contribution is 2.23. The molecule has 0 aromatic heterocycles. The molecule has 230 valence electrons. The van der Waals surface area contributed by atoms with E-state index in [1.165, 1.54) is 5.56 Å². The fraction of sp³-hybridized carbons (Fsp3) is 0.417. The zero-order valence-electron chi connectivity index (χ0n) is 25.5. The Morgan fingerprint density at radius 1 is 0.651 bits per heavy atom. The van der Waals surface area contributed by atoms with E-state index < -0.39 is 5.97 Å². The number of fused-ring (bicyclic) bond motifs is 1. The van der Waals surface area contributed by atoms with Crippen molar-refractivity contribution in [2.45, 2.75) is 78.1 Å². The molecule has 0 N–H and O–H groups in total. The van der Waals surface area contributed by atoms with E-state index in [4.69, 9.17) is 18.9 Å². The topological polar surface area (TPSA) is 88.1 Å². The van der Waals surface area contributed by atoms with Crippen molar-refractivity contribution in [1.82, 2.24) is 0 Å². The summed E-state index contributed by atoms with van der Waals surface area (Å²) in [4.78, 5) is 35.7. The number of hydrogen-bond donors (Lipinski definition) is 0. The Labute approximate surface area is 255 Å². The molecule has 7 nitrogen and oxygen atoms in total. The number of unbranched alkanes of at least 4 members (excludes halogenated alkanes) is 7. The first-order valence-corrected chi connectivity index (χ1v) is 15.3. The Morgan fingerprint density at radius 3 is 1.95 bits per heavy atom. The van der Waals surface area contributed by atoms with Crippen LogP contribution < -0.4 is 9.47 Å². The molecule has 0 radical (unpaired) electrons. The van der Waals surface area contributed by atoms with Gasteiger partial charge < -0.3 is 18.9 Å². The zero-order chi connectivity index (χ0) is 30.9. The number of hydrogen-bond acceptors (Lipinski definition) is 7. The number of rotatable bonds is 19. The van der Waals surface area contributed by atoms with Crippen LogP contribution in [0.2, 0.25) is 0 Å². The summed E-state index contributed by atoms with van der Waals surface area (Å²) < 4.78 is 21.7. The fourth-order valence-corrected chi connectivity index (χ4v) is 4.46. The van der Waals surface area contributed by atoms with Crippen molar-refractivity contribution in [3.63, 3.8) is 0 Å². The molecule has 43 heavy (non-hydrogen) atoms. The van der Waals surface area contributed by atoms with Crippen molar-refractivity contribution in [2.24, 2.45) is 0 Å². The van der Waals surface area contributed by atoms with Gasteiger partial charge in [0.2, 0.25) is 0 Å². The smallest absolute Gasteiger partial charge is 0.343 e. The van der Waals surface area contributed by atoms with Crippen LogP contribution in [0.4, 0.5) is 0 Å². The van der Waals surface area contributed by atoms with Gasteiger partial charge in [-0.15, -0.1) is 0 Å². The summed E-state index contributed by atoms with van der Waals surface area (Å²) in [5.74, 6) is 0.311. The Balaban J connectivity index is 1.17. The molecule has 7 heteroatoms. The van der Waals surface area contributed by atoms with Crippen molar-refractivity contribution in [2.75, 3.05) is 19.8 Å². The van der Waals surface area contributed by atoms with Crippen LogP contribution in [0.5, 0.6) is 11.5 Å². The van der Waals surface area contributed by atoms with Gasteiger partial charge in [-0.05, 0) is 93.1 Å². The second-order valence-corrected chi connectivity index (χ2v) is 10.8. The largest absolute Gasteiger partial charge is 0.494 e. The van der Waals surface area contributed by atoms with E-state index >= 15 is 0 Å². The zero-order valence-corrected chi connectivity index (χ0v) is 25.5. The first-order chi connectivity index (χ1) is 20.8. The normalized spacial score (nSPS) is 10.7. The molecule has 3 aromatic carbocycles. The summed E-state index contributed by atoms with van der Waals surface area (Å²) in [6.45, 7) is 8.64. The highest BCUT2D eigenvalue weighted by molar-refractivity contribution is 5.92. The van der Waals surface area contributed by atoms with Gasteiger partial charge in [0, 0.05) is 12.0 Å². The standard InChI is InChI=1S/C36H44O7/c1-27(2)35(38)42-24-12-8-9-13-34(37)41-23-11-7-5-4-6-10-22-40-32-19-16-29(17-20-32)36(39)43-33-21-18-30-25-28(3)14-15-31(30)26-33/h14-21,25-26H,1,4-13,22-24H2,2-3H3. The van der Waals surface area contributed by atoms with Crippen LogP contribution in [0.25, 0.3) is 10.8 Å². The van der Waals surface area contributed by atoms with Gasteiger partial charge in [-0.2, -0.15) is 0 Å². The molecule has 0 heterocycles. The predicted molar refractivity (Wildman–Crippen MR) is 168 cm³/mol. The van der Waals surface area contributed by atoms with Crippen molar-refractivity contribution >= 4 is 28.7 Å². The van der Waals surface area contributed by atoms with Crippen LogP contribution >= 0.6 is 0 Å². The van der Waals surface area contributed by atoms with Gasteiger partial charge in [0.05, 0.1) is 25.4 Å². The molecule has 0 aliphatic rings. The van der Waals surface area contributed by atoms with E-state index in [1.54, 1.807) is 31.2 Å². The summed E-state index contributed by atoms with van der Waals surface area (Å²) in [7, 11) is 0. The summed E-state index contributed by atoms with van der Waals surface area (Å²) in [5.41, 5.74) is 2.06. The Bertz CT molecular complexity index is 1340. The summed E-state index contributed by atoms with van der Waals surface area (Å²) in [6, 6.07) is 18.8. The summed E-state index contributed by atoms with van der Waals surface area (Å²) in [5, 5.41) is 2.14. The van der Waals surface area contributed by atoms with Crippen molar-refractivity contribution in [3.8, 4) is 11.5 Å². The predicted octanol–water partition coefficient (Wildman–Crippen LogP) is 8.31. The van der Waals surface area contributed by atoms with E-state index in [-0.39, 0.29) is 11.9 Å². The molecule has 0 saturated carbocycles. The van der Waals surface area contributed by atoms with Crippen LogP contribution in [-0.4, -0.2) is 37.7 Å². The average molecular weight is 589 g/mol. The lowest BCUT2D eigenvalue weighted by molar-refractivity contribution is -0.144. The van der Waals surface area contributed by atoms with E-state index in [9.17, 15) is 14.4 Å². The van der Waals surface area contributed by atoms with Crippen LogP contribution in [-0.2, 0) is 19.1 Å². The molecule has 3 rings (SSSR count). The maximum atomic E-state index is 12.6. The molecule has 0 spiro atoms. The minimum atomic E-state index is -0.400. The molecule has 0 bridgehead atoms. The highest BCUT2D eigenvalue weighted by Gasteiger charge is 2.10. The lowest BCUT2D eigenvalue weighted by Gasteiger charge is -2.09. The third-order valence-corrected chi connectivity index (χ3v) is 6.95. The molecule has 0 amide bonds. The van der Waals surface area contributed by atoms with Crippen LogP contribution in [0.1, 0.15) is 87.1 Å². The maximum absolute atomic E-state index is 12.6. The fourth-order valence-electron chi connectivity index (χ4n) is 4.46. The van der Waals surface area contributed by atoms with Crippen LogP contribution in [0.3, 0.4) is 0 Å². The van der Waals surface area contributed by atoms with Gasteiger partial charge >= 0.3 is 17.9 Å². The monoisotopic (exact) mass is 588 g/mol. The third-order valence-electron chi connectivity index (χ3n) is 6.95. The number of ether oxygens (including phenoxy) is 4. The molecular weight excluding hydrogens is 544 g/mol. The molecule has 0 atom stereocenters. The second-order valence-electron chi connectivity index (χ2n) is 10.8. The van der Waals surface area contributed by atoms with Gasteiger partial charge in [0.1, 0.15) is 11.5 Å². The van der Waals surface area contributed by atoms with Crippen molar-refractivity contribution < 1.29 is 33.3 Å². The Kier molecular flexibility index (Phi) is 14.3. The van der Waals surface area contributed by atoms with E-state index in [1.807, 2.05) is 30.3 Å². The van der Waals surface area contributed by atoms with Gasteiger partial charge in [0.15, 0.2) is 0 Å². The highest BCUT2D eigenvalue weighted by atomic mass is 16.5. The third kappa shape index (κ3) is 12.7. The summed E-state index contributed by atoms with van der Waals surface area (Å²) >= 11 is 0. The molecule has 0 fully saturated rings. The Morgan fingerprint density at radius 2 is 1.23 bits per heavy atom. The average Bonchev–Trinajstić information content (AvgIpc) is 3.00. The van der Waals surface area contributed by atoms with Gasteiger partial charge in [0.25, 0.3) is 0 Å². The van der Waals surface area contributed by atoms with Gasteiger partial charge in [-0.1, -0.05) is 62.1 Å². The maximum Gasteiger partial charge on any atom is 0.343 e. The second kappa shape index (κ2) is 18.4. The number of carbonyl (C=O) groups is 3. The van der Waals surface area contributed by atoms with E-state index in [0.29, 0.717) is 43.1 Å². The number of aryl methyl sites for hydroxylation is 1. The molecular formula is C36H44O7. The van der Waals surface area contributed by atoms with E-state index in [2.05, 4.69) is 19.6 Å². The SMILES string of the molecule is C=C(C)C(=O)OCCCCCC(=O)OCCCCCCCCOc1ccc(C(=O)Oc2ccc3cc(C)ccc3c2)cc1. The first kappa shape index (κ1) is 33.4. The number of benzene rings is 3. The van der Waals surface area contributed by atoms with Gasteiger partial charge in [-0.3, -0.25) is 4.79 Å². The molecule has 0 saturated heterocycles. The van der Waals surface area contributed by atoms with Gasteiger partial charge in [-0.25, -0.2) is 9.59 Å².